The predicted octanol–water partition coefficient (Wildman–Crippen LogP) is 1.78. The highest BCUT2D eigenvalue weighted by atomic mass is 19.1. The SMILES string of the molecule is O=C(NCc1nnc2n1CCN(Cc1ccc(OCCO)cc1)CC2)c1cccc(F)c1. The molecule has 9 heteroatoms. The molecule has 2 heterocycles. The molecule has 1 amide bonds. The maximum atomic E-state index is 13.3. The van der Waals surface area contributed by atoms with Crippen LogP contribution in [0.1, 0.15) is 27.6 Å². The van der Waals surface area contributed by atoms with Gasteiger partial charge < -0.3 is 19.7 Å². The van der Waals surface area contributed by atoms with Crippen molar-refractivity contribution in [2.45, 2.75) is 26.1 Å². The average Bonchev–Trinajstić information content (AvgIpc) is 3.09. The zero-order valence-electron chi connectivity index (χ0n) is 17.7. The van der Waals surface area contributed by atoms with Crippen molar-refractivity contribution in [1.82, 2.24) is 25.0 Å². The van der Waals surface area contributed by atoms with Gasteiger partial charge in [-0.3, -0.25) is 9.69 Å². The summed E-state index contributed by atoms with van der Waals surface area (Å²) < 4.78 is 20.8. The number of nitrogens with one attached hydrogen (secondary N) is 1. The molecule has 0 atom stereocenters. The van der Waals surface area contributed by atoms with Gasteiger partial charge in [0.1, 0.15) is 24.0 Å². The molecule has 2 N–H and O–H groups in total. The van der Waals surface area contributed by atoms with Crippen molar-refractivity contribution in [3.63, 3.8) is 0 Å². The molecule has 0 saturated carbocycles. The van der Waals surface area contributed by atoms with Crippen molar-refractivity contribution in [3.05, 3.63) is 77.1 Å². The van der Waals surface area contributed by atoms with Gasteiger partial charge in [0.15, 0.2) is 5.82 Å². The summed E-state index contributed by atoms with van der Waals surface area (Å²) in [5.41, 5.74) is 1.46. The number of hydrogen-bond acceptors (Lipinski definition) is 6. The van der Waals surface area contributed by atoms with Crippen LogP contribution in [0.3, 0.4) is 0 Å². The van der Waals surface area contributed by atoms with Crippen LogP contribution in [0.15, 0.2) is 48.5 Å². The third kappa shape index (κ3) is 5.49. The molecule has 0 radical (unpaired) electrons. The second-order valence-corrected chi connectivity index (χ2v) is 7.62. The number of ether oxygens (including phenoxy) is 1. The number of amides is 1. The minimum absolute atomic E-state index is 0.00427. The molecule has 0 spiro atoms. The van der Waals surface area contributed by atoms with Gasteiger partial charge in [-0.05, 0) is 35.9 Å². The number of rotatable bonds is 8. The number of carbonyl (C=O) groups excluding carboxylic acids is 1. The minimum atomic E-state index is -0.443. The van der Waals surface area contributed by atoms with Gasteiger partial charge in [-0.1, -0.05) is 18.2 Å². The van der Waals surface area contributed by atoms with Crippen LogP contribution < -0.4 is 10.1 Å². The summed E-state index contributed by atoms with van der Waals surface area (Å²) in [5, 5.41) is 20.2. The monoisotopic (exact) mass is 439 g/mol. The lowest BCUT2D eigenvalue weighted by atomic mass is 10.2. The lowest BCUT2D eigenvalue weighted by Gasteiger charge is -2.20. The number of nitrogens with zero attached hydrogens (tertiary/aromatic N) is 4. The van der Waals surface area contributed by atoms with E-state index in [0.29, 0.717) is 5.82 Å². The predicted molar refractivity (Wildman–Crippen MR) is 116 cm³/mol. The van der Waals surface area contributed by atoms with Gasteiger partial charge in [0, 0.05) is 38.2 Å². The third-order valence-corrected chi connectivity index (χ3v) is 5.38. The Morgan fingerprint density at radius 2 is 1.97 bits per heavy atom. The fourth-order valence-corrected chi connectivity index (χ4v) is 3.72. The number of aliphatic hydroxyl groups excluding tert-OH is 1. The van der Waals surface area contributed by atoms with E-state index in [1.54, 1.807) is 6.07 Å². The molecule has 1 aromatic heterocycles. The van der Waals surface area contributed by atoms with Crippen molar-refractivity contribution in [3.8, 4) is 5.75 Å². The van der Waals surface area contributed by atoms with Crippen molar-refractivity contribution >= 4 is 5.91 Å². The summed E-state index contributed by atoms with van der Waals surface area (Å²) in [4.78, 5) is 14.7. The third-order valence-electron chi connectivity index (χ3n) is 5.38. The number of carbonyl (C=O) groups is 1. The highest BCUT2D eigenvalue weighted by molar-refractivity contribution is 5.94. The molecule has 1 aliphatic heterocycles. The van der Waals surface area contributed by atoms with E-state index in [1.165, 1.54) is 23.8 Å². The zero-order valence-corrected chi connectivity index (χ0v) is 17.7. The van der Waals surface area contributed by atoms with E-state index in [-0.39, 0.29) is 31.2 Å². The van der Waals surface area contributed by atoms with Gasteiger partial charge in [0.25, 0.3) is 5.91 Å². The molecular weight excluding hydrogens is 413 g/mol. The van der Waals surface area contributed by atoms with Crippen LogP contribution in [0, 0.1) is 5.82 Å². The Labute approximate surface area is 185 Å². The molecule has 0 unspecified atom stereocenters. The number of fused-ring (bicyclic) bond motifs is 1. The standard InChI is InChI=1S/C23H26FN5O3/c24-19-3-1-2-18(14-19)23(31)25-15-22-27-26-21-8-9-28(10-11-29(21)22)16-17-4-6-20(7-5-17)32-13-12-30/h1-7,14,30H,8-13,15-16H2,(H,25,31). The molecule has 0 bridgehead atoms. The maximum Gasteiger partial charge on any atom is 0.251 e. The van der Waals surface area contributed by atoms with Crippen LogP contribution >= 0.6 is 0 Å². The Bertz CT molecular complexity index is 1050. The highest BCUT2D eigenvalue weighted by Crippen LogP contribution is 2.16. The lowest BCUT2D eigenvalue weighted by molar-refractivity contribution is 0.0949. The number of hydrogen-bond donors (Lipinski definition) is 2. The van der Waals surface area contributed by atoms with Gasteiger partial charge in [-0.25, -0.2) is 4.39 Å². The van der Waals surface area contributed by atoms with Crippen molar-refractivity contribution in [1.29, 1.82) is 0 Å². The molecule has 4 rings (SSSR count). The number of benzene rings is 2. The molecule has 3 aromatic rings. The summed E-state index contributed by atoms with van der Waals surface area (Å²) in [6.07, 6.45) is 0.766. The Kier molecular flexibility index (Phi) is 7.08. The smallest absolute Gasteiger partial charge is 0.251 e. The Morgan fingerprint density at radius 1 is 1.12 bits per heavy atom. The largest absolute Gasteiger partial charge is 0.491 e. The van der Waals surface area contributed by atoms with E-state index in [9.17, 15) is 9.18 Å². The summed E-state index contributed by atoms with van der Waals surface area (Å²) in [6, 6.07) is 13.5. The van der Waals surface area contributed by atoms with Crippen molar-refractivity contribution < 1.29 is 19.0 Å². The highest BCUT2D eigenvalue weighted by Gasteiger charge is 2.19. The molecule has 1 aliphatic rings. The molecular formula is C23H26FN5O3. The van der Waals surface area contributed by atoms with Crippen LogP contribution in [0.4, 0.5) is 4.39 Å². The van der Waals surface area contributed by atoms with Crippen LogP contribution in [-0.4, -0.2) is 57.0 Å². The minimum Gasteiger partial charge on any atom is -0.491 e. The van der Waals surface area contributed by atoms with Crippen LogP contribution in [-0.2, 0) is 26.1 Å². The van der Waals surface area contributed by atoms with Crippen LogP contribution in [0.5, 0.6) is 5.75 Å². The second-order valence-electron chi connectivity index (χ2n) is 7.62. The summed E-state index contributed by atoms with van der Waals surface area (Å²) in [7, 11) is 0. The molecule has 0 saturated heterocycles. The normalized spacial score (nSPS) is 13.9. The first-order chi connectivity index (χ1) is 15.6. The summed E-state index contributed by atoms with van der Waals surface area (Å²) >= 11 is 0. The quantitative estimate of drug-likeness (QED) is 0.556. The first-order valence-electron chi connectivity index (χ1n) is 10.6. The summed E-state index contributed by atoms with van der Waals surface area (Å²) in [5.74, 6) is 1.55. The van der Waals surface area contributed by atoms with Crippen LogP contribution in [0.2, 0.25) is 0 Å². The van der Waals surface area contributed by atoms with E-state index in [1.807, 2.05) is 24.3 Å². The maximum absolute atomic E-state index is 13.3. The second kappa shape index (κ2) is 10.3. The van der Waals surface area contributed by atoms with Gasteiger partial charge in [-0.15, -0.1) is 10.2 Å². The molecule has 0 fully saturated rings. The van der Waals surface area contributed by atoms with E-state index < -0.39 is 5.82 Å². The first kappa shape index (κ1) is 21.9. The van der Waals surface area contributed by atoms with Crippen LogP contribution in [0.25, 0.3) is 0 Å². The van der Waals surface area contributed by atoms with E-state index in [2.05, 4.69) is 25.0 Å². The molecule has 168 valence electrons. The van der Waals surface area contributed by atoms with Crippen molar-refractivity contribution in [2.75, 3.05) is 26.3 Å². The fourth-order valence-electron chi connectivity index (χ4n) is 3.72. The van der Waals surface area contributed by atoms with Gasteiger partial charge >= 0.3 is 0 Å². The number of aliphatic hydroxyl groups is 1. The van der Waals surface area contributed by atoms with E-state index in [4.69, 9.17) is 9.84 Å². The molecule has 0 aliphatic carbocycles. The van der Waals surface area contributed by atoms with E-state index >= 15 is 0 Å². The van der Waals surface area contributed by atoms with Gasteiger partial charge in [-0.2, -0.15) is 0 Å². The lowest BCUT2D eigenvalue weighted by Crippen LogP contribution is -2.28. The topological polar surface area (TPSA) is 92.5 Å². The Hall–Kier alpha value is -3.30. The number of aromatic nitrogens is 3. The van der Waals surface area contributed by atoms with Gasteiger partial charge in [0.05, 0.1) is 13.2 Å². The fraction of sp³-hybridized carbons (Fsp3) is 0.348. The van der Waals surface area contributed by atoms with Crippen molar-refractivity contribution in [2.24, 2.45) is 0 Å². The number of halogens is 1. The van der Waals surface area contributed by atoms with Gasteiger partial charge in [0.2, 0.25) is 0 Å². The van der Waals surface area contributed by atoms with E-state index in [0.717, 1.165) is 44.2 Å². The summed E-state index contributed by atoms with van der Waals surface area (Å²) in [6.45, 7) is 3.74. The molecule has 8 nitrogen and oxygen atoms in total. The Balaban J connectivity index is 1.32. The molecule has 32 heavy (non-hydrogen) atoms. The first-order valence-corrected chi connectivity index (χ1v) is 10.6. The Morgan fingerprint density at radius 3 is 2.75 bits per heavy atom. The zero-order chi connectivity index (χ0) is 22.3. The molecule has 2 aromatic carbocycles. The average molecular weight is 439 g/mol.